The van der Waals surface area contributed by atoms with Crippen molar-refractivity contribution in [2.24, 2.45) is 16.8 Å². The first-order valence-electron chi connectivity index (χ1n) is 15.9. The smallest absolute Gasteiger partial charge is 0.239 e. The van der Waals surface area contributed by atoms with E-state index in [4.69, 9.17) is 15.6 Å². The van der Waals surface area contributed by atoms with E-state index in [0.717, 1.165) is 80.5 Å². The molecule has 2 heterocycles. The van der Waals surface area contributed by atoms with Crippen LogP contribution in [-0.4, -0.2) is 54.9 Å². The number of aryl methyl sites for hydroxylation is 1. The van der Waals surface area contributed by atoms with Crippen LogP contribution in [0.25, 0.3) is 22.5 Å². The highest BCUT2D eigenvalue weighted by molar-refractivity contribution is 7.89. The number of tetrazole rings is 1. The molecule has 11 heteroatoms. The zero-order chi connectivity index (χ0) is 31.4. The van der Waals surface area contributed by atoms with E-state index in [1.165, 1.54) is 5.56 Å². The number of rotatable bonds is 10. The molecule has 0 bridgehead atoms. The molecule has 238 valence electrons. The minimum atomic E-state index is -4.16. The summed E-state index contributed by atoms with van der Waals surface area (Å²) in [4.78, 5) is 0.0979. The predicted octanol–water partition coefficient (Wildman–Crippen LogP) is 4.63. The third-order valence-corrected chi connectivity index (χ3v) is 10.6. The number of sulfonamides is 1. The number of hydrogen-bond donors (Lipinski definition) is 3. The van der Waals surface area contributed by atoms with Gasteiger partial charge in [0.25, 0.3) is 0 Å². The molecule has 5 N–H and O–H groups in total. The number of nitrogens with zero attached hydrogens (tertiary/aromatic N) is 4. The van der Waals surface area contributed by atoms with Gasteiger partial charge in [0.1, 0.15) is 5.75 Å². The lowest BCUT2D eigenvalue weighted by Gasteiger charge is -2.26. The lowest BCUT2D eigenvalue weighted by atomic mass is 9.82. The number of aromatic nitrogens is 4. The Bertz CT molecular complexity index is 1690. The highest BCUT2D eigenvalue weighted by atomic mass is 32.2. The van der Waals surface area contributed by atoms with Crippen molar-refractivity contribution in [2.75, 3.05) is 20.2 Å². The summed E-state index contributed by atoms with van der Waals surface area (Å²) in [7, 11) is -2.53. The Labute approximate surface area is 265 Å². The van der Waals surface area contributed by atoms with Crippen molar-refractivity contribution in [1.82, 2.24) is 25.5 Å². The van der Waals surface area contributed by atoms with Gasteiger partial charge in [-0.1, -0.05) is 48.5 Å². The first-order chi connectivity index (χ1) is 21.8. The van der Waals surface area contributed by atoms with Gasteiger partial charge in [-0.3, -0.25) is 0 Å². The van der Waals surface area contributed by atoms with E-state index in [1.807, 2.05) is 36.4 Å². The Kier molecular flexibility index (Phi) is 9.60. The van der Waals surface area contributed by atoms with Crippen LogP contribution in [0.15, 0.2) is 65.6 Å². The summed E-state index contributed by atoms with van der Waals surface area (Å²) < 4.78 is 34.0. The average Bonchev–Trinajstić information content (AvgIpc) is 3.52. The van der Waals surface area contributed by atoms with Crippen LogP contribution < -0.4 is 20.9 Å². The molecule has 1 aliphatic carbocycles. The molecule has 2 fully saturated rings. The van der Waals surface area contributed by atoms with Crippen LogP contribution in [0.5, 0.6) is 5.75 Å². The lowest BCUT2D eigenvalue weighted by Crippen LogP contribution is -2.26. The van der Waals surface area contributed by atoms with Crippen molar-refractivity contribution >= 4 is 10.0 Å². The van der Waals surface area contributed by atoms with Crippen LogP contribution in [0.1, 0.15) is 67.6 Å². The fraction of sp³-hybridized carbons (Fsp3) is 0.441. The van der Waals surface area contributed by atoms with Gasteiger partial charge in [0.2, 0.25) is 10.0 Å². The molecule has 2 aliphatic rings. The standard InChI is InChI=1S/C34H43N7O3S/c1-44-30-15-5-24(6-16-30)22-41-34(38-39-40-41)32-31(27-10-8-25(9-11-27)26-18-20-37-21-19-26)17-12-28(33(32)45(36,42)43)7-2-23-3-13-29(35)14-4-23/h5-6,8-12,15-17,23,26,29,37H,2-4,7,13-14,18-22,35H2,1H3,(H2,36,42,43). The molecular weight excluding hydrogens is 586 g/mol. The van der Waals surface area contributed by atoms with Crippen LogP contribution in [-0.2, 0) is 23.0 Å². The Hall–Kier alpha value is -3.64. The summed E-state index contributed by atoms with van der Waals surface area (Å²) >= 11 is 0. The molecule has 0 atom stereocenters. The largest absolute Gasteiger partial charge is 0.497 e. The number of hydrogen-bond acceptors (Lipinski definition) is 8. The second kappa shape index (κ2) is 13.8. The predicted molar refractivity (Wildman–Crippen MR) is 175 cm³/mol. The molecule has 1 aromatic heterocycles. The van der Waals surface area contributed by atoms with Gasteiger partial charge in [0.15, 0.2) is 5.82 Å². The molecule has 1 aliphatic heterocycles. The van der Waals surface area contributed by atoms with E-state index >= 15 is 0 Å². The Balaban J connectivity index is 1.43. The number of ether oxygens (including phenoxy) is 1. The highest BCUT2D eigenvalue weighted by Gasteiger charge is 2.29. The van der Waals surface area contributed by atoms with E-state index < -0.39 is 10.0 Å². The highest BCUT2D eigenvalue weighted by Crippen LogP contribution is 2.40. The van der Waals surface area contributed by atoms with Crippen LogP contribution in [0.3, 0.4) is 0 Å². The Morgan fingerprint density at radius 3 is 2.31 bits per heavy atom. The van der Waals surface area contributed by atoms with Crippen LogP contribution >= 0.6 is 0 Å². The number of nitrogens with one attached hydrogen (secondary N) is 1. The maximum atomic E-state index is 13.5. The van der Waals surface area contributed by atoms with Crippen molar-refractivity contribution < 1.29 is 13.2 Å². The van der Waals surface area contributed by atoms with Gasteiger partial charge < -0.3 is 15.8 Å². The zero-order valence-corrected chi connectivity index (χ0v) is 26.7. The zero-order valence-electron chi connectivity index (χ0n) is 25.9. The van der Waals surface area contributed by atoms with E-state index in [1.54, 1.807) is 11.8 Å². The first kappa shape index (κ1) is 31.3. The van der Waals surface area contributed by atoms with Gasteiger partial charge in [-0.25, -0.2) is 18.2 Å². The number of nitrogens with two attached hydrogens (primary N) is 2. The number of piperidine rings is 1. The first-order valence-corrected chi connectivity index (χ1v) is 17.5. The van der Waals surface area contributed by atoms with E-state index in [-0.39, 0.29) is 10.9 Å². The molecule has 0 radical (unpaired) electrons. The maximum absolute atomic E-state index is 13.5. The van der Waals surface area contributed by atoms with Gasteiger partial charge >= 0.3 is 0 Å². The number of benzene rings is 3. The lowest BCUT2D eigenvalue weighted by molar-refractivity contribution is 0.310. The number of primary sulfonamides is 1. The third kappa shape index (κ3) is 7.27. The van der Waals surface area contributed by atoms with Gasteiger partial charge in [0, 0.05) is 11.6 Å². The molecule has 6 rings (SSSR count). The summed E-state index contributed by atoms with van der Waals surface area (Å²) in [6.45, 7) is 2.37. The topological polar surface area (TPSA) is 151 Å². The summed E-state index contributed by atoms with van der Waals surface area (Å²) in [5.74, 6) is 2.12. The van der Waals surface area contributed by atoms with E-state index in [2.05, 4.69) is 45.1 Å². The summed E-state index contributed by atoms with van der Waals surface area (Å²) in [6, 6.07) is 20.3. The molecule has 0 unspecified atom stereocenters. The van der Waals surface area contributed by atoms with Gasteiger partial charge in [-0.05, 0) is 127 Å². The quantitative estimate of drug-likeness (QED) is 0.230. The molecule has 4 aromatic rings. The summed E-state index contributed by atoms with van der Waals surface area (Å²) in [6.07, 6.45) is 7.78. The SMILES string of the molecule is COc1ccc(Cn2nnnc2-c2c(-c3ccc(C4CCNCC4)cc3)ccc(CCC3CCC(N)CC3)c2S(N)(=O)=O)cc1. The monoisotopic (exact) mass is 629 g/mol. The maximum Gasteiger partial charge on any atom is 0.239 e. The van der Waals surface area contributed by atoms with Gasteiger partial charge in [-0.2, -0.15) is 0 Å². The van der Waals surface area contributed by atoms with Crippen LogP contribution in [0.2, 0.25) is 0 Å². The molecule has 1 saturated heterocycles. The number of methoxy groups -OCH3 is 1. The fourth-order valence-corrected chi connectivity index (χ4v) is 7.95. The molecule has 1 saturated carbocycles. The Morgan fingerprint density at radius 1 is 0.933 bits per heavy atom. The summed E-state index contributed by atoms with van der Waals surface area (Å²) in [5, 5.41) is 22.2. The molecular formula is C34H43N7O3S. The van der Waals surface area contributed by atoms with E-state index in [9.17, 15) is 8.42 Å². The summed E-state index contributed by atoms with van der Waals surface area (Å²) in [5.41, 5.74) is 11.1. The van der Waals surface area contributed by atoms with Crippen molar-refractivity contribution in [3.8, 4) is 28.3 Å². The molecule has 45 heavy (non-hydrogen) atoms. The van der Waals surface area contributed by atoms with Gasteiger partial charge in [-0.15, -0.1) is 5.10 Å². The molecule has 10 nitrogen and oxygen atoms in total. The minimum absolute atomic E-state index is 0.0979. The average molecular weight is 630 g/mol. The van der Waals surface area contributed by atoms with Crippen molar-refractivity contribution in [3.63, 3.8) is 0 Å². The van der Waals surface area contributed by atoms with Gasteiger partial charge in [0.05, 0.1) is 18.6 Å². The van der Waals surface area contributed by atoms with E-state index in [0.29, 0.717) is 41.8 Å². The second-order valence-electron chi connectivity index (χ2n) is 12.5. The molecule has 0 spiro atoms. The normalized spacial score (nSPS) is 19.4. The Morgan fingerprint density at radius 2 is 1.64 bits per heavy atom. The second-order valence-corrected chi connectivity index (χ2v) is 14.0. The van der Waals surface area contributed by atoms with Crippen LogP contribution in [0.4, 0.5) is 0 Å². The third-order valence-electron chi connectivity index (χ3n) is 9.52. The van der Waals surface area contributed by atoms with Crippen LogP contribution in [0, 0.1) is 5.92 Å². The van der Waals surface area contributed by atoms with Crippen molar-refractivity contribution in [3.05, 3.63) is 77.4 Å². The van der Waals surface area contributed by atoms with Crippen molar-refractivity contribution in [2.45, 2.75) is 74.8 Å². The van der Waals surface area contributed by atoms with Crippen molar-refractivity contribution in [1.29, 1.82) is 0 Å². The fourth-order valence-electron chi connectivity index (χ4n) is 6.93. The minimum Gasteiger partial charge on any atom is -0.497 e. The molecule has 0 amide bonds. The molecule has 3 aromatic carbocycles.